The molecular formula is C13H20N2O2. The van der Waals surface area contributed by atoms with Gasteiger partial charge in [0.15, 0.2) is 6.10 Å². The summed E-state index contributed by atoms with van der Waals surface area (Å²) < 4.78 is 5.59. The lowest BCUT2D eigenvalue weighted by Gasteiger charge is -2.23. The Hall–Kier alpha value is -1.06. The fraction of sp³-hybridized carbons (Fsp3) is 0.846. The van der Waals surface area contributed by atoms with Crippen LogP contribution in [0.3, 0.4) is 0 Å². The maximum Gasteiger partial charge on any atom is 0.293 e. The third-order valence-corrected chi connectivity index (χ3v) is 4.35. The second-order valence-electron chi connectivity index (χ2n) is 5.96. The van der Waals surface area contributed by atoms with Gasteiger partial charge in [-0.15, -0.1) is 0 Å². The fourth-order valence-corrected chi connectivity index (χ4v) is 3.43. The highest BCUT2D eigenvalue weighted by Gasteiger charge is 2.41. The molecule has 1 N–H and O–H groups in total. The number of fused-ring (bicyclic) bond motifs is 2. The first kappa shape index (κ1) is 11.1. The van der Waals surface area contributed by atoms with Crippen LogP contribution in [0.15, 0.2) is 4.99 Å². The van der Waals surface area contributed by atoms with Crippen molar-refractivity contribution in [1.29, 1.82) is 0 Å². The fourth-order valence-electron chi connectivity index (χ4n) is 3.43. The summed E-state index contributed by atoms with van der Waals surface area (Å²) in [5.74, 6) is 1.70. The molecule has 4 nitrogen and oxygen atoms in total. The third kappa shape index (κ3) is 1.94. The van der Waals surface area contributed by atoms with Crippen molar-refractivity contribution in [1.82, 2.24) is 5.32 Å². The van der Waals surface area contributed by atoms with Crippen molar-refractivity contribution < 1.29 is 9.53 Å². The lowest BCUT2D eigenvalue weighted by atomic mass is 9.96. The van der Waals surface area contributed by atoms with Crippen LogP contribution in [0.25, 0.3) is 0 Å². The van der Waals surface area contributed by atoms with E-state index in [1.807, 2.05) is 13.8 Å². The SMILES string of the molecule is CC(C)C1OC(NC2CC3CCC2C3)=NC1=O. The largest absolute Gasteiger partial charge is 0.451 e. The van der Waals surface area contributed by atoms with E-state index in [2.05, 4.69) is 10.3 Å². The quantitative estimate of drug-likeness (QED) is 0.794. The van der Waals surface area contributed by atoms with Crippen LogP contribution in [-0.2, 0) is 9.53 Å². The van der Waals surface area contributed by atoms with Crippen molar-refractivity contribution >= 4 is 11.9 Å². The van der Waals surface area contributed by atoms with Crippen molar-refractivity contribution in [3.05, 3.63) is 0 Å². The Morgan fingerprint density at radius 3 is 2.71 bits per heavy atom. The summed E-state index contributed by atoms with van der Waals surface area (Å²) in [6.07, 6.45) is 4.87. The molecule has 0 aromatic rings. The molecule has 17 heavy (non-hydrogen) atoms. The molecule has 4 unspecified atom stereocenters. The molecule has 3 rings (SSSR count). The van der Waals surface area contributed by atoms with Gasteiger partial charge in [0.2, 0.25) is 0 Å². The molecule has 0 aromatic heterocycles. The average molecular weight is 236 g/mol. The van der Waals surface area contributed by atoms with E-state index in [-0.39, 0.29) is 17.9 Å². The molecule has 4 atom stereocenters. The summed E-state index contributed by atoms with van der Waals surface area (Å²) in [6, 6.07) is 0.942. The van der Waals surface area contributed by atoms with Gasteiger partial charge < -0.3 is 10.1 Å². The second-order valence-corrected chi connectivity index (χ2v) is 5.96. The number of carbonyl (C=O) groups excluding carboxylic acids is 1. The molecule has 2 saturated carbocycles. The van der Waals surface area contributed by atoms with Crippen LogP contribution in [0.1, 0.15) is 39.5 Å². The van der Waals surface area contributed by atoms with Crippen molar-refractivity contribution in [3.8, 4) is 0 Å². The summed E-state index contributed by atoms with van der Waals surface area (Å²) >= 11 is 0. The van der Waals surface area contributed by atoms with Gasteiger partial charge in [-0.05, 0) is 37.0 Å². The van der Waals surface area contributed by atoms with Crippen LogP contribution >= 0.6 is 0 Å². The Morgan fingerprint density at radius 1 is 1.35 bits per heavy atom. The predicted molar refractivity (Wildman–Crippen MR) is 64.5 cm³/mol. The molecule has 1 aliphatic heterocycles. The van der Waals surface area contributed by atoms with Gasteiger partial charge in [0.25, 0.3) is 11.9 Å². The number of nitrogens with zero attached hydrogens (tertiary/aromatic N) is 1. The number of rotatable bonds is 2. The minimum absolute atomic E-state index is 0.134. The van der Waals surface area contributed by atoms with Gasteiger partial charge in [0.1, 0.15) is 0 Å². The molecule has 2 fully saturated rings. The Bertz CT molecular complexity index is 364. The normalized spacial score (nSPS) is 39.7. The highest BCUT2D eigenvalue weighted by molar-refractivity contribution is 5.98. The van der Waals surface area contributed by atoms with Gasteiger partial charge in [-0.2, -0.15) is 4.99 Å². The van der Waals surface area contributed by atoms with Crippen LogP contribution in [0.2, 0.25) is 0 Å². The molecule has 2 aliphatic carbocycles. The van der Waals surface area contributed by atoms with Crippen molar-refractivity contribution in [2.24, 2.45) is 22.7 Å². The number of amides is 1. The number of carbonyl (C=O) groups is 1. The molecule has 3 aliphatic rings. The highest BCUT2D eigenvalue weighted by Crippen LogP contribution is 2.44. The van der Waals surface area contributed by atoms with E-state index in [0.717, 1.165) is 11.8 Å². The minimum atomic E-state index is -0.379. The van der Waals surface area contributed by atoms with Gasteiger partial charge in [-0.1, -0.05) is 20.3 Å². The molecule has 0 radical (unpaired) electrons. The Labute approximate surface area is 102 Å². The van der Waals surface area contributed by atoms with Gasteiger partial charge >= 0.3 is 0 Å². The van der Waals surface area contributed by atoms with Crippen LogP contribution in [0, 0.1) is 17.8 Å². The predicted octanol–water partition coefficient (Wildman–Crippen LogP) is 1.70. The van der Waals surface area contributed by atoms with Crippen molar-refractivity contribution in [2.75, 3.05) is 0 Å². The van der Waals surface area contributed by atoms with Gasteiger partial charge in [0.05, 0.1) is 0 Å². The molecule has 1 heterocycles. The lowest BCUT2D eigenvalue weighted by molar-refractivity contribution is -0.124. The number of amidine groups is 1. The first-order valence-electron chi connectivity index (χ1n) is 6.69. The van der Waals surface area contributed by atoms with E-state index < -0.39 is 0 Å². The number of nitrogens with one attached hydrogen (secondary N) is 1. The van der Waals surface area contributed by atoms with Gasteiger partial charge in [0, 0.05) is 6.04 Å². The zero-order valence-electron chi connectivity index (χ0n) is 10.5. The number of hydrogen-bond donors (Lipinski definition) is 1. The molecule has 2 bridgehead atoms. The minimum Gasteiger partial charge on any atom is -0.451 e. The Morgan fingerprint density at radius 2 is 2.18 bits per heavy atom. The molecule has 1 amide bonds. The Kier molecular flexibility index (Phi) is 2.60. The number of aliphatic imine (C=N–C) groups is 1. The molecular weight excluding hydrogens is 216 g/mol. The monoisotopic (exact) mass is 236 g/mol. The second kappa shape index (κ2) is 4.00. The van der Waals surface area contributed by atoms with Crippen molar-refractivity contribution in [2.45, 2.75) is 51.7 Å². The van der Waals surface area contributed by atoms with E-state index in [9.17, 15) is 4.79 Å². The molecule has 0 aromatic carbocycles. The zero-order chi connectivity index (χ0) is 12.0. The lowest BCUT2D eigenvalue weighted by Crippen LogP contribution is -2.39. The third-order valence-electron chi connectivity index (χ3n) is 4.35. The summed E-state index contributed by atoms with van der Waals surface area (Å²) in [5, 5.41) is 3.33. The van der Waals surface area contributed by atoms with Gasteiger partial charge in [-0.3, -0.25) is 4.79 Å². The maximum atomic E-state index is 11.6. The van der Waals surface area contributed by atoms with Crippen molar-refractivity contribution in [3.63, 3.8) is 0 Å². The highest BCUT2D eigenvalue weighted by atomic mass is 16.5. The van der Waals surface area contributed by atoms with Crippen LogP contribution in [-0.4, -0.2) is 24.1 Å². The van der Waals surface area contributed by atoms with E-state index in [1.54, 1.807) is 0 Å². The van der Waals surface area contributed by atoms with E-state index >= 15 is 0 Å². The summed E-state index contributed by atoms with van der Waals surface area (Å²) in [4.78, 5) is 15.6. The van der Waals surface area contributed by atoms with E-state index in [1.165, 1.54) is 25.7 Å². The topological polar surface area (TPSA) is 50.7 Å². The standard InChI is InChI=1S/C13H20N2O2/c1-7(2)11-12(16)15-13(17-11)14-10-6-8-3-4-9(10)5-8/h7-11H,3-6H2,1-2H3,(H,14,15,16). The van der Waals surface area contributed by atoms with Crippen LogP contribution in [0.5, 0.6) is 0 Å². The molecule has 0 saturated heterocycles. The summed E-state index contributed by atoms with van der Waals surface area (Å²) in [6.45, 7) is 3.97. The van der Waals surface area contributed by atoms with Crippen LogP contribution in [0.4, 0.5) is 0 Å². The van der Waals surface area contributed by atoms with Crippen LogP contribution < -0.4 is 5.32 Å². The maximum absolute atomic E-state index is 11.6. The average Bonchev–Trinajstić information content (AvgIpc) is 2.93. The Balaban J connectivity index is 1.60. The number of ether oxygens (including phenoxy) is 1. The molecule has 94 valence electrons. The first-order valence-corrected chi connectivity index (χ1v) is 6.69. The smallest absolute Gasteiger partial charge is 0.293 e. The number of hydrogen-bond acceptors (Lipinski definition) is 3. The molecule has 0 spiro atoms. The summed E-state index contributed by atoms with van der Waals surface area (Å²) in [7, 11) is 0. The summed E-state index contributed by atoms with van der Waals surface area (Å²) in [5.41, 5.74) is 0. The molecule has 4 heteroatoms. The van der Waals surface area contributed by atoms with E-state index in [0.29, 0.717) is 12.1 Å². The first-order chi connectivity index (χ1) is 8.13. The van der Waals surface area contributed by atoms with E-state index in [4.69, 9.17) is 4.74 Å². The zero-order valence-corrected chi connectivity index (χ0v) is 10.5. The van der Waals surface area contributed by atoms with Gasteiger partial charge in [-0.25, -0.2) is 0 Å².